The van der Waals surface area contributed by atoms with Crippen LogP contribution >= 0.6 is 6.49 Å². The summed E-state index contributed by atoms with van der Waals surface area (Å²) in [4.78, 5) is 30.9. The van der Waals surface area contributed by atoms with Crippen LogP contribution in [-0.4, -0.2) is 39.3 Å². The lowest BCUT2D eigenvalue weighted by Gasteiger charge is -2.20. The molecule has 0 saturated heterocycles. The molecule has 17 heavy (non-hydrogen) atoms. The van der Waals surface area contributed by atoms with Gasteiger partial charge in [0.05, 0.1) is 0 Å². The molecule has 2 unspecified atom stereocenters. The molecule has 0 aliphatic rings. The monoisotopic (exact) mass is 284 g/mol. The van der Waals surface area contributed by atoms with Crippen molar-refractivity contribution < 1.29 is 29.2 Å². The summed E-state index contributed by atoms with van der Waals surface area (Å²) in [5.74, 6) is -2.41. The third-order valence-corrected chi connectivity index (χ3v) is 4.25. The number of hydrogen-bond acceptors (Lipinski definition) is 4. The number of hydrogen-bond donors (Lipinski definition) is 3. The molecule has 0 heterocycles. The van der Waals surface area contributed by atoms with Crippen LogP contribution in [0.15, 0.2) is 0 Å². The fourth-order valence-corrected chi connectivity index (χ4v) is 3.20. The van der Waals surface area contributed by atoms with Gasteiger partial charge in [0.25, 0.3) is 0 Å². The first-order valence-electron chi connectivity index (χ1n) is 5.23. The lowest BCUT2D eigenvalue weighted by molar-refractivity contribution is -0.146. The molecule has 6 nitrogen and oxygen atoms in total. The van der Waals surface area contributed by atoms with Gasteiger partial charge in [-0.2, -0.15) is 0 Å². The summed E-state index contributed by atoms with van der Waals surface area (Å²) < 4.78 is 4.97. The normalized spacial score (nSPS) is 16.1. The summed E-state index contributed by atoms with van der Waals surface area (Å²) in [7, 11) is 0. The summed E-state index contributed by atoms with van der Waals surface area (Å²) in [6.45, 7) is -1.21. The molecular weight excluding hydrogens is 267 g/mol. The summed E-state index contributed by atoms with van der Waals surface area (Å²) in [5, 5.41) is 17.3. The Morgan fingerprint density at radius 3 is 2.41 bits per heavy atom. The molecule has 2 atom stereocenters. The van der Waals surface area contributed by atoms with E-state index in [-0.39, 0.29) is 19.0 Å². The van der Waals surface area contributed by atoms with Gasteiger partial charge in [-0.1, -0.05) is 13.3 Å². The summed E-state index contributed by atoms with van der Waals surface area (Å²) in [6.07, 6.45) is -0.168. The van der Waals surface area contributed by atoms with E-state index in [1.165, 1.54) is 0 Å². The van der Waals surface area contributed by atoms with Crippen molar-refractivity contribution in [2.45, 2.75) is 38.7 Å². The zero-order valence-corrected chi connectivity index (χ0v) is 11.2. The van der Waals surface area contributed by atoms with E-state index >= 15 is 0 Å². The van der Waals surface area contributed by atoms with E-state index in [1.807, 2.05) is 6.92 Å². The van der Waals surface area contributed by atoms with Crippen molar-refractivity contribution in [1.29, 1.82) is 0 Å². The maximum Gasteiger partial charge on any atom is 0.333 e. The number of carboxylic acids is 2. The van der Waals surface area contributed by atoms with Crippen LogP contribution in [0.2, 0.25) is 0 Å². The van der Waals surface area contributed by atoms with E-state index < -0.39 is 24.5 Å². The van der Waals surface area contributed by atoms with E-state index in [9.17, 15) is 14.5 Å². The molecule has 0 spiro atoms. The quantitative estimate of drug-likeness (QED) is 0.550. The number of aliphatic carboxylic acids is 2. The molecule has 0 amide bonds. The Hall–Kier alpha value is -0.490. The standard InChI is InChI=1S/C9H17O6PS/c1-2-3-6-16(14,17)15-7(9(12)13)4-5-8(10)11/h7H,2-6H2,1H3,(H,10,11)(H,12,13)(H,14,17). The molecule has 0 bridgehead atoms. The van der Waals surface area contributed by atoms with Crippen LogP contribution in [0.1, 0.15) is 32.6 Å². The average molecular weight is 284 g/mol. The molecule has 0 aromatic heterocycles. The minimum Gasteiger partial charge on any atom is -0.481 e. The Bertz CT molecular complexity index is 319. The second-order valence-corrected chi connectivity index (χ2v) is 7.22. The number of carboxylic acid groups (broad SMARTS) is 2. The molecule has 0 aromatic rings. The summed E-state index contributed by atoms with van der Waals surface area (Å²) >= 11 is 4.82. The molecule has 0 rings (SSSR count). The fraction of sp³-hybridized carbons (Fsp3) is 0.778. The van der Waals surface area contributed by atoms with Gasteiger partial charge in [-0.05, 0) is 24.6 Å². The van der Waals surface area contributed by atoms with Gasteiger partial charge >= 0.3 is 11.9 Å². The molecule has 0 aromatic carbocycles. The van der Waals surface area contributed by atoms with Crippen molar-refractivity contribution in [1.82, 2.24) is 0 Å². The molecule has 3 N–H and O–H groups in total. The molecule has 0 saturated carbocycles. The van der Waals surface area contributed by atoms with Gasteiger partial charge in [0.15, 0.2) is 12.6 Å². The van der Waals surface area contributed by atoms with Crippen LogP contribution < -0.4 is 0 Å². The Kier molecular flexibility index (Phi) is 7.54. The smallest absolute Gasteiger partial charge is 0.333 e. The average Bonchev–Trinajstić information content (AvgIpc) is 2.20. The van der Waals surface area contributed by atoms with Crippen molar-refractivity contribution in [3.63, 3.8) is 0 Å². The van der Waals surface area contributed by atoms with Gasteiger partial charge < -0.3 is 19.6 Å². The Morgan fingerprint density at radius 1 is 1.41 bits per heavy atom. The van der Waals surface area contributed by atoms with Crippen LogP contribution in [0.3, 0.4) is 0 Å². The SMILES string of the molecule is CCCCP(O)(=S)OC(CCC(=O)O)C(=O)O. The van der Waals surface area contributed by atoms with E-state index in [0.717, 1.165) is 6.42 Å². The molecule has 0 aliphatic carbocycles. The first kappa shape index (κ1) is 16.5. The topological polar surface area (TPSA) is 104 Å². The van der Waals surface area contributed by atoms with Crippen molar-refractivity contribution >= 4 is 30.2 Å². The molecule has 100 valence electrons. The highest BCUT2D eigenvalue weighted by atomic mass is 32.5. The summed E-state index contributed by atoms with van der Waals surface area (Å²) in [5.41, 5.74) is 0. The van der Waals surface area contributed by atoms with Crippen LogP contribution in [0.4, 0.5) is 0 Å². The maximum atomic E-state index is 10.8. The lowest BCUT2D eigenvalue weighted by atomic mass is 10.2. The highest BCUT2D eigenvalue weighted by molar-refractivity contribution is 8.09. The zero-order valence-electron chi connectivity index (χ0n) is 9.53. The van der Waals surface area contributed by atoms with Gasteiger partial charge in [-0.25, -0.2) is 4.79 Å². The van der Waals surface area contributed by atoms with Gasteiger partial charge in [0, 0.05) is 12.6 Å². The molecular formula is C9H17O6PS. The summed E-state index contributed by atoms with van der Waals surface area (Å²) in [6, 6.07) is 0. The molecule has 0 fully saturated rings. The Balaban J connectivity index is 4.37. The van der Waals surface area contributed by atoms with Gasteiger partial charge in [-0.3, -0.25) is 4.79 Å². The third-order valence-electron chi connectivity index (χ3n) is 1.98. The maximum absolute atomic E-state index is 10.8. The van der Waals surface area contributed by atoms with E-state index in [2.05, 4.69) is 0 Å². The predicted molar refractivity (Wildman–Crippen MR) is 65.7 cm³/mol. The van der Waals surface area contributed by atoms with Gasteiger partial charge in [0.1, 0.15) is 0 Å². The van der Waals surface area contributed by atoms with Crippen molar-refractivity contribution in [3.8, 4) is 0 Å². The molecule has 8 heteroatoms. The van der Waals surface area contributed by atoms with Gasteiger partial charge in [-0.15, -0.1) is 0 Å². The van der Waals surface area contributed by atoms with Crippen molar-refractivity contribution in [3.05, 3.63) is 0 Å². The van der Waals surface area contributed by atoms with Crippen LogP contribution in [0.25, 0.3) is 0 Å². The van der Waals surface area contributed by atoms with E-state index in [0.29, 0.717) is 6.42 Å². The first-order chi connectivity index (χ1) is 7.78. The van der Waals surface area contributed by atoms with E-state index in [4.69, 9.17) is 26.5 Å². The van der Waals surface area contributed by atoms with Gasteiger partial charge in [0.2, 0.25) is 0 Å². The Labute approximate surface area is 105 Å². The lowest BCUT2D eigenvalue weighted by Crippen LogP contribution is -2.24. The molecule has 0 aliphatic heterocycles. The van der Waals surface area contributed by atoms with Crippen LogP contribution in [0.5, 0.6) is 0 Å². The van der Waals surface area contributed by atoms with Crippen molar-refractivity contribution in [2.24, 2.45) is 0 Å². The Morgan fingerprint density at radius 2 is 2.00 bits per heavy atom. The fourth-order valence-electron chi connectivity index (χ4n) is 1.09. The minimum atomic E-state index is -3.12. The van der Waals surface area contributed by atoms with E-state index in [1.54, 1.807) is 0 Å². The minimum absolute atomic E-state index is 0.199. The second kappa shape index (κ2) is 7.76. The van der Waals surface area contributed by atoms with Crippen LogP contribution in [-0.2, 0) is 25.9 Å². The highest BCUT2D eigenvalue weighted by Crippen LogP contribution is 2.45. The number of carbonyl (C=O) groups is 2. The number of rotatable bonds is 9. The zero-order chi connectivity index (χ0) is 13.5. The predicted octanol–water partition coefficient (Wildman–Crippen LogP) is 1.42. The molecule has 0 radical (unpaired) electrons. The highest BCUT2D eigenvalue weighted by Gasteiger charge is 2.26. The van der Waals surface area contributed by atoms with Crippen molar-refractivity contribution in [2.75, 3.05) is 6.16 Å². The second-order valence-electron chi connectivity index (χ2n) is 3.58. The largest absolute Gasteiger partial charge is 0.481 e. The number of unbranched alkanes of at least 4 members (excludes halogenated alkanes) is 1. The first-order valence-corrected chi connectivity index (χ1v) is 8.09. The van der Waals surface area contributed by atoms with Crippen LogP contribution in [0, 0.1) is 0 Å². The third kappa shape index (κ3) is 8.26.